The van der Waals surface area contributed by atoms with Gasteiger partial charge in [-0.3, -0.25) is 4.79 Å². The number of hydrogen-bond donors (Lipinski definition) is 2. The highest BCUT2D eigenvalue weighted by Crippen LogP contribution is 2.40. The summed E-state index contributed by atoms with van der Waals surface area (Å²) in [6.07, 6.45) is 3.55. The second-order valence-electron chi connectivity index (χ2n) is 20.3. The molecular formula is C45H75NO7Si2. The van der Waals surface area contributed by atoms with Gasteiger partial charge in [0, 0.05) is 0 Å². The Hall–Kier alpha value is -2.93. The van der Waals surface area contributed by atoms with E-state index < -0.39 is 58.5 Å². The SMILES string of the molecule is Cc1cc(OC(C)(C)C)cc(C)c1CC(NC(=O)OC(C)(C)C)C(C/C=C/C(O[Si](C)(C)C(C)(C)C)C(Cc1ccccc1)C(=O)O)O[Si](C)(C)C(C)(C)C. The maximum atomic E-state index is 13.6. The number of carbonyl (C=O) groups is 2. The van der Waals surface area contributed by atoms with Gasteiger partial charge in [0.25, 0.3) is 0 Å². The van der Waals surface area contributed by atoms with Crippen LogP contribution >= 0.6 is 0 Å². The molecule has 310 valence electrons. The van der Waals surface area contributed by atoms with Gasteiger partial charge in [-0.05, 0) is 145 Å². The fraction of sp³-hybridized carbons (Fsp3) is 0.644. The standard InChI is InChI=1S/C45H75NO7Si2/c1-31-27-34(50-42(3,4)5)28-32(2)35(31)30-37(46-41(49)51-43(6,7)8)39(53-55(17,18)45(12,13)14)26-22-25-38(52-54(15,16)44(9,10)11)36(40(47)48)29-33-23-20-19-21-24-33/h19-25,27-28,36-39H,26,29-30H2,1-18H3,(H,46,49)(H,47,48)/b25-22+. The second kappa shape index (κ2) is 18.6. The molecule has 0 aromatic heterocycles. The van der Waals surface area contributed by atoms with Crippen molar-refractivity contribution in [1.29, 1.82) is 0 Å². The molecule has 0 spiro atoms. The average Bonchev–Trinajstić information content (AvgIpc) is 2.97. The summed E-state index contributed by atoms with van der Waals surface area (Å²) in [7, 11) is -4.81. The summed E-state index contributed by atoms with van der Waals surface area (Å²) in [6.45, 7) is 37.6. The van der Waals surface area contributed by atoms with E-state index in [9.17, 15) is 14.7 Å². The van der Waals surface area contributed by atoms with Gasteiger partial charge in [0.05, 0.1) is 24.2 Å². The largest absolute Gasteiger partial charge is 0.488 e. The zero-order chi connectivity index (χ0) is 42.4. The number of carbonyl (C=O) groups excluding carboxylic acids is 1. The maximum absolute atomic E-state index is 13.6. The summed E-state index contributed by atoms with van der Waals surface area (Å²) < 4.78 is 26.2. The summed E-state index contributed by atoms with van der Waals surface area (Å²) >= 11 is 0. The monoisotopic (exact) mass is 798 g/mol. The van der Waals surface area contributed by atoms with E-state index in [4.69, 9.17) is 18.3 Å². The predicted molar refractivity (Wildman–Crippen MR) is 232 cm³/mol. The summed E-state index contributed by atoms with van der Waals surface area (Å²) in [6, 6.07) is 13.4. The Morgan fingerprint density at radius 2 is 1.27 bits per heavy atom. The molecule has 0 fully saturated rings. The number of amides is 1. The minimum absolute atomic E-state index is 0.110. The van der Waals surface area contributed by atoms with Crippen molar-refractivity contribution in [3.05, 3.63) is 76.9 Å². The molecule has 0 saturated heterocycles. The third kappa shape index (κ3) is 15.5. The van der Waals surface area contributed by atoms with Gasteiger partial charge >= 0.3 is 12.1 Å². The van der Waals surface area contributed by atoms with Crippen LogP contribution in [-0.4, -0.2) is 63.3 Å². The third-order valence-corrected chi connectivity index (χ3v) is 19.8. The zero-order valence-electron chi connectivity index (χ0n) is 37.5. The lowest BCUT2D eigenvalue weighted by molar-refractivity contribution is -0.144. The van der Waals surface area contributed by atoms with E-state index in [0.29, 0.717) is 19.3 Å². The lowest BCUT2D eigenvalue weighted by Crippen LogP contribution is -2.53. The Balaban J connectivity index is 2.73. The van der Waals surface area contributed by atoms with E-state index in [1.807, 2.05) is 84.0 Å². The van der Waals surface area contributed by atoms with Crippen LogP contribution in [0, 0.1) is 19.8 Å². The Morgan fingerprint density at radius 1 is 0.764 bits per heavy atom. The minimum Gasteiger partial charge on any atom is -0.488 e. The van der Waals surface area contributed by atoms with Gasteiger partial charge in [-0.25, -0.2) is 4.79 Å². The Bertz CT molecular complexity index is 1570. The van der Waals surface area contributed by atoms with Gasteiger partial charge in [-0.15, -0.1) is 0 Å². The first-order valence-electron chi connectivity index (χ1n) is 19.9. The van der Waals surface area contributed by atoms with Crippen LogP contribution in [0.3, 0.4) is 0 Å². The Morgan fingerprint density at radius 3 is 1.73 bits per heavy atom. The molecule has 0 aliphatic rings. The number of aliphatic carboxylic acids is 1. The first kappa shape index (κ1) is 48.2. The van der Waals surface area contributed by atoms with Gasteiger partial charge in [-0.1, -0.05) is 84.0 Å². The highest BCUT2D eigenvalue weighted by Gasteiger charge is 2.43. The number of rotatable bonds is 16. The maximum Gasteiger partial charge on any atom is 0.407 e. The molecule has 4 unspecified atom stereocenters. The van der Waals surface area contributed by atoms with Crippen molar-refractivity contribution >= 4 is 28.7 Å². The second-order valence-corrected chi connectivity index (χ2v) is 29.8. The van der Waals surface area contributed by atoms with E-state index in [0.717, 1.165) is 28.0 Å². The third-order valence-electron chi connectivity index (χ3n) is 10.9. The molecule has 0 radical (unpaired) electrons. The number of nitrogens with one attached hydrogen (secondary N) is 1. The molecule has 0 saturated carbocycles. The number of hydrogen-bond acceptors (Lipinski definition) is 6. The fourth-order valence-electron chi connectivity index (χ4n) is 5.82. The predicted octanol–water partition coefficient (Wildman–Crippen LogP) is 11.6. The van der Waals surface area contributed by atoms with Crippen LogP contribution < -0.4 is 10.1 Å². The van der Waals surface area contributed by atoms with Gasteiger partial charge in [0.2, 0.25) is 0 Å². The number of benzene rings is 2. The molecule has 2 N–H and O–H groups in total. The molecule has 0 bridgehead atoms. The van der Waals surface area contributed by atoms with Crippen molar-refractivity contribution in [2.24, 2.45) is 5.92 Å². The van der Waals surface area contributed by atoms with Crippen molar-refractivity contribution in [3.63, 3.8) is 0 Å². The lowest BCUT2D eigenvalue weighted by Gasteiger charge is -2.42. The molecule has 2 rings (SSSR count). The van der Waals surface area contributed by atoms with Gasteiger partial charge in [-0.2, -0.15) is 0 Å². The molecule has 0 aliphatic heterocycles. The van der Waals surface area contributed by atoms with Gasteiger partial charge in [0.15, 0.2) is 16.6 Å². The molecule has 55 heavy (non-hydrogen) atoms. The van der Waals surface area contributed by atoms with E-state index >= 15 is 0 Å². The lowest BCUT2D eigenvalue weighted by atomic mass is 9.91. The Labute approximate surface area is 336 Å². The molecule has 4 atom stereocenters. The fourth-order valence-corrected chi connectivity index (χ4v) is 8.47. The van der Waals surface area contributed by atoms with Crippen LogP contribution in [0.15, 0.2) is 54.6 Å². The zero-order valence-corrected chi connectivity index (χ0v) is 39.5. The first-order valence-corrected chi connectivity index (χ1v) is 25.7. The van der Waals surface area contributed by atoms with Crippen LogP contribution in [-0.2, 0) is 31.2 Å². The number of carboxylic acid groups (broad SMARTS) is 1. The number of aryl methyl sites for hydroxylation is 2. The van der Waals surface area contributed by atoms with E-state index in [1.54, 1.807) is 0 Å². The Kier molecular flexibility index (Phi) is 16.3. The summed E-state index contributed by atoms with van der Waals surface area (Å²) in [4.78, 5) is 26.6. The topological polar surface area (TPSA) is 103 Å². The van der Waals surface area contributed by atoms with Crippen molar-refractivity contribution in [2.45, 2.75) is 182 Å². The summed E-state index contributed by atoms with van der Waals surface area (Å²) in [5.41, 5.74) is 3.12. The number of ether oxygens (including phenoxy) is 2. The quantitative estimate of drug-likeness (QED) is 0.129. The molecule has 0 aliphatic carbocycles. The molecule has 2 aromatic rings. The summed E-state index contributed by atoms with van der Waals surface area (Å²) in [5, 5.41) is 13.6. The highest BCUT2D eigenvalue weighted by atomic mass is 28.4. The molecule has 10 heteroatoms. The highest BCUT2D eigenvalue weighted by molar-refractivity contribution is 6.74. The summed E-state index contributed by atoms with van der Waals surface area (Å²) in [5.74, 6) is -0.904. The van der Waals surface area contributed by atoms with Crippen LogP contribution in [0.1, 0.15) is 112 Å². The van der Waals surface area contributed by atoms with E-state index in [-0.39, 0.29) is 15.7 Å². The first-order chi connectivity index (χ1) is 24.8. The van der Waals surface area contributed by atoms with Gasteiger partial charge < -0.3 is 28.7 Å². The molecule has 0 heterocycles. The van der Waals surface area contributed by atoms with Crippen molar-refractivity contribution in [1.82, 2.24) is 5.32 Å². The molecule has 8 nitrogen and oxygen atoms in total. The van der Waals surface area contributed by atoms with Crippen molar-refractivity contribution in [2.75, 3.05) is 0 Å². The molecule has 1 amide bonds. The van der Waals surface area contributed by atoms with Gasteiger partial charge in [0.1, 0.15) is 17.0 Å². The normalized spacial score (nSPS) is 15.7. The van der Waals surface area contributed by atoms with E-state index in [1.165, 1.54) is 0 Å². The van der Waals surface area contributed by atoms with Crippen LogP contribution in [0.5, 0.6) is 5.75 Å². The molecule has 2 aromatic carbocycles. The van der Waals surface area contributed by atoms with Crippen LogP contribution in [0.2, 0.25) is 36.3 Å². The van der Waals surface area contributed by atoms with Crippen LogP contribution in [0.4, 0.5) is 4.79 Å². The van der Waals surface area contributed by atoms with E-state index in [2.05, 4.69) is 99.0 Å². The van der Waals surface area contributed by atoms with Crippen molar-refractivity contribution < 1.29 is 33.0 Å². The minimum atomic E-state index is -2.41. The smallest absolute Gasteiger partial charge is 0.407 e. The number of alkyl carbamates (subject to hydrolysis) is 1. The van der Waals surface area contributed by atoms with Crippen LogP contribution in [0.25, 0.3) is 0 Å². The number of carboxylic acids is 1. The molecular weight excluding hydrogens is 723 g/mol. The average molecular weight is 798 g/mol. The van der Waals surface area contributed by atoms with Crippen molar-refractivity contribution in [3.8, 4) is 5.75 Å².